The van der Waals surface area contributed by atoms with Crippen LogP contribution < -0.4 is 5.32 Å². The van der Waals surface area contributed by atoms with Crippen LogP contribution in [0.4, 0.5) is 0 Å². The number of thiophene rings is 1. The number of carbonyl (C=O) groups excluding carboxylic acids is 1. The van der Waals surface area contributed by atoms with E-state index in [0.717, 1.165) is 22.2 Å². The van der Waals surface area contributed by atoms with Gasteiger partial charge in [0.25, 0.3) is 5.91 Å². The van der Waals surface area contributed by atoms with Crippen LogP contribution in [-0.2, 0) is 0 Å². The van der Waals surface area contributed by atoms with Crippen LogP contribution >= 0.6 is 38.9 Å². The second-order valence-electron chi connectivity index (χ2n) is 5.02. The predicted octanol–water partition coefficient (Wildman–Crippen LogP) is 4.43. The van der Waals surface area contributed by atoms with E-state index in [4.69, 9.17) is 11.6 Å². The monoisotopic (exact) mass is 349 g/mol. The number of hydrogen-bond donors (Lipinski definition) is 1. The molecule has 2 nitrogen and oxygen atoms in total. The first-order valence-electron chi connectivity index (χ1n) is 6.23. The lowest BCUT2D eigenvalue weighted by molar-refractivity contribution is 0.0921. The van der Waals surface area contributed by atoms with Gasteiger partial charge in [-0.25, -0.2) is 0 Å². The van der Waals surface area contributed by atoms with Crippen molar-refractivity contribution in [2.45, 2.75) is 32.1 Å². The number of hydrogen-bond acceptors (Lipinski definition) is 2. The zero-order valence-electron chi connectivity index (χ0n) is 10.2. The second-order valence-corrected chi connectivity index (χ2v) is 7.57. The van der Waals surface area contributed by atoms with E-state index in [9.17, 15) is 4.79 Å². The highest BCUT2D eigenvalue weighted by molar-refractivity contribution is 9.11. The molecule has 0 saturated heterocycles. The summed E-state index contributed by atoms with van der Waals surface area (Å²) >= 11 is 11.0. The van der Waals surface area contributed by atoms with Crippen molar-refractivity contribution in [2.24, 2.45) is 5.41 Å². The number of amides is 1. The summed E-state index contributed by atoms with van der Waals surface area (Å²) in [5.41, 5.74) is 0.843. The summed E-state index contributed by atoms with van der Waals surface area (Å²) in [6, 6.07) is 1.86. The summed E-state index contributed by atoms with van der Waals surface area (Å²) in [4.78, 5) is 12.0. The zero-order chi connectivity index (χ0) is 13.0. The molecule has 0 bridgehead atoms. The molecule has 1 aromatic rings. The van der Waals surface area contributed by atoms with Gasteiger partial charge in [-0.3, -0.25) is 4.79 Å². The second kappa shape index (κ2) is 6.40. The van der Waals surface area contributed by atoms with E-state index in [-0.39, 0.29) is 11.3 Å². The molecular weight excluding hydrogens is 334 g/mol. The van der Waals surface area contributed by atoms with Gasteiger partial charge in [-0.2, -0.15) is 0 Å². The van der Waals surface area contributed by atoms with Gasteiger partial charge in [0, 0.05) is 23.2 Å². The van der Waals surface area contributed by atoms with Crippen molar-refractivity contribution in [2.75, 3.05) is 12.4 Å². The summed E-state index contributed by atoms with van der Waals surface area (Å²) in [6.07, 6.45) is 6.01. The first kappa shape index (κ1) is 14.4. The molecule has 18 heavy (non-hydrogen) atoms. The minimum atomic E-state index is 0.00650. The molecule has 5 heteroatoms. The van der Waals surface area contributed by atoms with Crippen molar-refractivity contribution in [3.8, 4) is 0 Å². The van der Waals surface area contributed by atoms with Crippen LogP contribution in [0.3, 0.4) is 0 Å². The molecule has 0 aromatic carbocycles. The van der Waals surface area contributed by atoms with E-state index in [0.29, 0.717) is 12.4 Å². The third kappa shape index (κ3) is 3.49. The summed E-state index contributed by atoms with van der Waals surface area (Å²) in [5.74, 6) is 0.646. The molecule has 0 spiro atoms. The van der Waals surface area contributed by atoms with Gasteiger partial charge in [-0.15, -0.1) is 22.9 Å². The maximum Gasteiger partial charge on any atom is 0.252 e. The number of nitrogens with one attached hydrogen (secondary N) is 1. The van der Waals surface area contributed by atoms with Gasteiger partial charge in [0.2, 0.25) is 0 Å². The zero-order valence-corrected chi connectivity index (χ0v) is 13.3. The summed E-state index contributed by atoms with van der Waals surface area (Å²) in [6.45, 7) is 0.697. The molecule has 0 atom stereocenters. The summed E-state index contributed by atoms with van der Waals surface area (Å²) < 4.78 is 0.984. The SMILES string of the molecule is O=C(NCC1(CCl)CCCCC1)c1csc(Br)c1. The smallest absolute Gasteiger partial charge is 0.252 e. The Balaban J connectivity index is 1.91. The fraction of sp³-hybridized carbons (Fsp3) is 0.615. The van der Waals surface area contributed by atoms with Crippen molar-refractivity contribution in [3.05, 3.63) is 20.8 Å². The lowest BCUT2D eigenvalue weighted by atomic mass is 9.75. The van der Waals surface area contributed by atoms with Crippen LogP contribution in [0.2, 0.25) is 0 Å². The van der Waals surface area contributed by atoms with Gasteiger partial charge in [0.1, 0.15) is 0 Å². The fourth-order valence-electron chi connectivity index (χ4n) is 2.46. The van der Waals surface area contributed by atoms with E-state index in [2.05, 4.69) is 21.2 Å². The van der Waals surface area contributed by atoms with Gasteiger partial charge in [0.05, 0.1) is 9.35 Å². The molecule has 2 rings (SSSR count). The Bertz CT molecular complexity index is 415. The Morgan fingerprint density at radius 3 is 2.72 bits per heavy atom. The Labute approximate surface area is 125 Å². The van der Waals surface area contributed by atoms with Gasteiger partial charge in [-0.1, -0.05) is 19.3 Å². The molecule has 0 radical (unpaired) electrons. The molecule has 1 aliphatic carbocycles. The molecule has 0 aliphatic heterocycles. The summed E-state index contributed by atoms with van der Waals surface area (Å²) in [7, 11) is 0. The maximum absolute atomic E-state index is 12.0. The lowest BCUT2D eigenvalue weighted by Gasteiger charge is -2.35. The highest BCUT2D eigenvalue weighted by Gasteiger charge is 2.31. The molecule has 1 aromatic heterocycles. The van der Waals surface area contributed by atoms with Gasteiger partial charge in [-0.05, 0) is 34.8 Å². The standard InChI is InChI=1S/C13H17BrClNOS/c14-11-6-10(7-18-11)12(17)16-9-13(8-15)4-2-1-3-5-13/h6-7H,1-5,8-9H2,(H,16,17). The average Bonchev–Trinajstić information content (AvgIpc) is 2.84. The quantitative estimate of drug-likeness (QED) is 0.800. The predicted molar refractivity (Wildman–Crippen MR) is 80.6 cm³/mol. The Kier molecular flexibility index (Phi) is 5.10. The molecule has 1 fully saturated rings. The van der Waals surface area contributed by atoms with Gasteiger partial charge in [0.15, 0.2) is 0 Å². The van der Waals surface area contributed by atoms with Crippen molar-refractivity contribution >= 4 is 44.8 Å². The van der Waals surface area contributed by atoms with Crippen LogP contribution in [0.15, 0.2) is 15.2 Å². The van der Waals surface area contributed by atoms with Crippen molar-refractivity contribution in [3.63, 3.8) is 0 Å². The minimum absolute atomic E-state index is 0.00650. The van der Waals surface area contributed by atoms with E-state index in [1.54, 1.807) is 0 Å². The minimum Gasteiger partial charge on any atom is -0.351 e. The molecule has 1 saturated carbocycles. The highest BCUT2D eigenvalue weighted by atomic mass is 79.9. The highest BCUT2D eigenvalue weighted by Crippen LogP contribution is 2.36. The number of rotatable bonds is 4. The maximum atomic E-state index is 12.0. The largest absolute Gasteiger partial charge is 0.351 e. The van der Waals surface area contributed by atoms with Crippen LogP contribution in [0.25, 0.3) is 0 Å². The van der Waals surface area contributed by atoms with Crippen LogP contribution in [0.1, 0.15) is 42.5 Å². The van der Waals surface area contributed by atoms with Crippen molar-refractivity contribution < 1.29 is 4.79 Å². The number of alkyl halides is 1. The van der Waals surface area contributed by atoms with E-state index >= 15 is 0 Å². The van der Waals surface area contributed by atoms with Gasteiger partial charge >= 0.3 is 0 Å². The molecule has 1 N–H and O–H groups in total. The fourth-order valence-corrected chi connectivity index (χ4v) is 3.96. The average molecular weight is 351 g/mol. The molecule has 0 unspecified atom stereocenters. The first-order chi connectivity index (χ1) is 8.65. The number of halogens is 2. The topological polar surface area (TPSA) is 29.1 Å². The molecular formula is C13H17BrClNOS. The normalized spacial score (nSPS) is 18.6. The van der Waals surface area contributed by atoms with Crippen molar-refractivity contribution in [1.82, 2.24) is 5.32 Å². The Hall–Kier alpha value is -0.0600. The first-order valence-corrected chi connectivity index (χ1v) is 8.44. The van der Waals surface area contributed by atoms with E-state index in [1.807, 2.05) is 11.4 Å². The molecule has 1 heterocycles. The third-order valence-electron chi connectivity index (χ3n) is 3.65. The Morgan fingerprint density at radius 2 is 2.17 bits per heavy atom. The van der Waals surface area contributed by atoms with Crippen molar-refractivity contribution in [1.29, 1.82) is 0 Å². The van der Waals surface area contributed by atoms with Crippen LogP contribution in [0.5, 0.6) is 0 Å². The van der Waals surface area contributed by atoms with E-state index < -0.39 is 0 Å². The summed E-state index contributed by atoms with van der Waals surface area (Å²) in [5, 5.41) is 4.90. The van der Waals surface area contributed by atoms with E-state index in [1.165, 1.54) is 30.6 Å². The van der Waals surface area contributed by atoms with Crippen LogP contribution in [0, 0.1) is 5.41 Å². The Morgan fingerprint density at radius 1 is 1.44 bits per heavy atom. The molecule has 1 amide bonds. The lowest BCUT2D eigenvalue weighted by Crippen LogP contribution is -2.40. The molecule has 100 valence electrons. The van der Waals surface area contributed by atoms with Gasteiger partial charge < -0.3 is 5.32 Å². The molecule has 1 aliphatic rings. The number of carbonyl (C=O) groups is 1. The third-order valence-corrected chi connectivity index (χ3v) is 5.72. The van der Waals surface area contributed by atoms with Crippen LogP contribution in [-0.4, -0.2) is 18.3 Å².